The van der Waals surface area contributed by atoms with Crippen molar-refractivity contribution in [3.8, 4) is 28.6 Å². The fraction of sp³-hybridized carbons (Fsp3) is 0.152. The lowest BCUT2D eigenvalue weighted by molar-refractivity contribution is 0.463. The Kier molecular flexibility index (Phi) is 5.74. The van der Waals surface area contributed by atoms with Gasteiger partial charge in [-0.15, -0.1) is 0 Å². The molecule has 3 aromatic carbocycles. The average Bonchev–Trinajstić information content (AvgIpc) is 3.32. The topological polar surface area (TPSA) is 43.2 Å². The average molecular weight is 497 g/mol. The van der Waals surface area contributed by atoms with Gasteiger partial charge in [0.05, 0.1) is 11.0 Å². The van der Waals surface area contributed by atoms with Gasteiger partial charge in [0.25, 0.3) is 0 Å². The lowest BCUT2D eigenvalue weighted by Crippen LogP contribution is -2.29. The van der Waals surface area contributed by atoms with Crippen molar-refractivity contribution in [3.05, 3.63) is 109 Å². The summed E-state index contributed by atoms with van der Waals surface area (Å²) in [7, 11) is 0. The second-order valence-corrected chi connectivity index (χ2v) is 9.80. The van der Waals surface area contributed by atoms with Crippen molar-refractivity contribution in [2.24, 2.45) is 0 Å². The zero-order valence-corrected chi connectivity index (χ0v) is 21.1. The van der Waals surface area contributed by atoms with Crippen molar-refractivity contribution < 1.29 is 4.74 Å². The summed E-state index contributed by atoms with van der Waals surface area (Å²) < 4.78 is 8.31. The van der Waals surface area contributed by atoms with E-state index in [0.29, 0.717) is 5.88 Å². The van der Waals surface area contributed by atoms with Crippen molar-refractivity contribution in [1.82, 2.24) is 14.5 Å². The van der Waals surface area contributed by atoms with Gasteiger partial charge in [-0.25, -0.2) is 9.97 Å². The van der Waals surface area contributed by atoms with E-state index in [0.717, 1.165) is 46.8 Å². The molecule has 0 atom stereocenters. The number of benzene rings is 3. The van der Waals surface area contributed by atoms with Crippen LogP contribution in [0.3, 0.4) is 0 Å². The van der Waals surface area contributed by atoms with Crippen molar-refractivity contribution in [2.45, 2.75) is 19.3 Å². The van der Waals surface area contributed by atoms with E-state index in [-0.39, 0.29) is 0 Å². The number of para-hydroxylation sites is 1. The molecule has 0 unspecified atom stereocenters. The third-order valence-corrected chi connectivity index (χ3v) is 7.38. The Hall–Kier alpha value is -4.64. The van der Waals surface area contributed by atoms with Crippen LogP contribution < -0.4 is 9.64 Å². The molecule has 4 heterocycles. The third-order valence-electron chi connectivity index (χ3n) is 7.38. The molecule has 1 saturated heterocycles. The Morgan fingerprint density at radius 3 is 2.34 bits per heavy atom. The van der Waals surface area contributed by atoms with E-state index in [1.54, 1.807) is 6.20 Å². The number of pyridine rings is 2. The number of nitrogens with zero attached hydrogens (tertiary/aromatic N) is 4. The molecular formula is C33H28N4O. The smallest absolute Gasteiger partial charge is 0.219 e. The number of piperidine rings is 1. The van der Waals surface area contributed by atoms with Crippen LogP contribution in [-0.2, 0) is 0 Å². The number of aromatic nitrogens is 3. The van der Waals surface area contributed by atoms with Gasteiger partial charge in [-0.2, -0.15) is 0 Å². The summed E-state index contributed by atoms with van der Waals surface area (Å²) in [6, 6.07) is 33.5. The molecule has 38 heavy (non-hydrogen) atoms. The van der Waals surface area contributed by atoms with E-state index in [9.17, 15) is 0 Å². The lowest BCUT2D eigenvalue weighted by Gasteiger charge is -2.29. The van der Waals surface area contributed by atoms with E-state index in [2.05, 4.69) is 81.2 Å². The van der Waals surface area contributed by atoms with E-state index in [1.165, 1.54) is 35.7 Å². The molecule has 5 heteroatoms. The highest BCUT2D eigenvalue weighted by atomic mass is 16.5. The summed E-state index contributed by atoms with van der Waals surface area (Å²) in [6.45, 7) is 2.22. The van der Waals surface area contributed by atoms with Gasteiger partial charge in [-0.1, -0.05) is 48.5 Å². The second kappa shape index (κ2) is 9.67. The Labute approximate surface area is 222 Å². The molecule has 7 rings (SSSR count). The molecule has 0 aliphatic carbocycles. The zero-order chi connectivity index (χ0) is 25.3. The van der Waals surface area contributed by atoms with Crippen molar-refractivity contribution in [3.63, 3.8) is 0 Å². The highest BCUT2D eigenvalue weighted by Crippen LogP contribution is 2.36. The zero-order valence-electron chi connectivity index (χ0n) is 21.1. The molecular weight excluding hydrogens is 468 g/mol. The molecule has 0 N–H and O–H groups in total. The Bertz CT molecular complexity index is 1740. The number of fused-ring (bicyclic) bond motifs is 3. The number of anilines is 1. The summed E-state index contributed by atoms with van der Waals surface area (Å²) in [6.07, 6.45) is 7.50. The Morgan fingerprint density at radius 2 is 1.45 bits per heavy atom. The molecule has 0 radical (unpaired) electrons. The molecule has 6 aromatic rings. The van der Waals surface area contributed by atoms with Gasteiger partial charge in [0.2, 0.25) is 5.88 Å². The predicted octanol–water partition coefficient (Wildman–Crippen LogP) is 8.02. The number of ether oxygens (including phenoxy) is 1. The van der Waals surface area contributed by atoms with Crippen LogP contribution in [-0.4, -0.2) is 27.6 Å². The minimum Gasteiger partial charge on any atom is -0.439 e. The second-order valence-electron chi connectivity index (χ2n) is 9.80. The standard InChI is InChI=1S/C33H28N4O/c1-6-19-36(20-7-1)26-16-18-34-32(23-26)37-30-12-3-2-11-28(30)29-15-14-25(22-31(29)37)24-9-8-10-27(21-24)38-33-13-4-5-17-35-33/h2-5,8-18,21-23H,1,6-7,19-20H2. The van der Waals surface area contributed by atoms with Gasteiger partial charge in [-0.3, -0.25) is 4.57 Å². The van der Waals surface area contributed by atoms with Crippen LogP contribution in [0.5, 0.6) is 11.6 Å². The first-order valence-electron chi connectivity index (χ1n) is 13.3. The quantitative estimate of drug-likeness (QED) is 0.242. The SMILES string of the molecule is c1ccc(Oc2cccc(-c3ccc4c5ccccc5n(-c5cc(N6CCCCC6)ccn5)c4c3)c2)nc1. The molecule has 1 aliphatic rings. The molecule has 0 bridgehead atoms. The van der Waals surface area contributed by atoms with Crippen molar-refractivity contribution >= 4 is 27.5 Å². The maximum Gasteiger partial charge on any atom is 0.219 e. The molecule has 1 aliphatic heterocycles. The number of hydrogen-bond donors (Lipinski definition) is 0. The summed E-state index contributed by atoms with van der Waals surface area (Å²) in [5.74, 6) is 2.29. The summed E-state index contributed by atoms with van der Waals surface area (Å²) in [5, 5.41) is 2.45. The maximum atomic E-state index is 6.01. The minimum absolute atomic E-state index is 0.583. The van der Waals surface area contributed by atoms with Gasteiger partial charge in [-0.05, 0) is 66.8 Å². The first-order valence-corrected chi connectivity index (χ1v) is 13.3. The molecule has 0 saturated carbocycles. The predicted molar refractivity (Wildman–Crippen MR) is 154 cm³/mol. The van der Waals surface area contributed by atoms with Crippen LogP contribution in [0, 0.1) is 0 Å². The lowest BCUT2D eigenvalue weighted by atomic mass is 10.0. The number of rotatable bonds is 5. The van der Waals surface area contributed by atoms with E-state index < -0.39 is 0 Å². The van der Waals surface area contributed by atoms with Crippen LogP contribution >= 0.6 is 0 Å². The van der Waals surface area contributed by atoms with E-state index >= 15 is 0 Å². The Balaban J connectivity index is 1.34. The van der Waals surface area contributed by atoms with Crippen molar-refractivity contribution in [2.75, 3.05) is 18.0 Å². The first-order chi connectivity index (χ1) is 18.8. The highest BCUT2D eigenvalue weighted by molar-refractivity contribution is 6.10. The molecule has 0 spiro atoms. The molecule has 0 amide bonds. The summed E-state index contributed by atoms with van der Waals surface area (Å²) in [4.78, 5) is 11.6. The van der Waals surface area contributed by atoms with Gasteiger partial charge in [0.15, 0.2) is 0 Å². The molecule has 3 aromatic heterocycles. The van der Waals surface area contributed by atoms with Crippen LogP contribution in [0.2, 0.25) is 0 Å². The molecule has 1 fully saturated rings. The summed E-state index contributed by atoms with van der Waals surface area (Å²) in [5.41, 5.74) is 5.77. The molecule has 186 valence electrons. The number of hydrogen-bond acceptors (Lipinski definition) is 4. The minimum atomic E-state index is 0.583. The maximum absolute atomic E-state index is 6.01. The molecule has 5 nitrogen and oxygen atoms in total. The van der Waals surface area contributed by atoms with Crippen molar-refractivity contribution in [1.29, 1.82) is 0 Å². The summed E-state index contributed by atoms with van der Waals surface area (Å²) >= 11 is 0. The van der Waals surface area contributed by atoms with Gasteiger partial charge in [0, 0.05) is 54.1 Å². The third kappa shape index (κ3) is 4.16. The fourth-order valence-electron chi connectivity index (χ4n) is 5.54. The first kappa shape index (κ1) is 22.5. The van der Waals surface area contributed by atoms with Crippen LogP contribution in [0.1, 0.15) is 19.3 Å². The van der Waals surface area contributed by atoms with Gasteiger partial charge < -0.3 is 9.64 Å². The van der Waals surface area contributed by atoms with E-state index in [4.69, 9.17) is 9.72 Å². The van der Waals surface area contributed by atoms with Gasteiger partial charge in [0.1, 0.15) is 11.6 Å². The van der Waals surface area contributed by atoms with Crippen LogP contribution in [0.4, 0.5) is 5.69 Å². The van der Waals surface area contributed by atoms with Crippen LogP contribution in [0.15, 0.2) is 109 Å². The monoisotopic (exact) mass is 496 g/mol. The normalized spacial score (nSPS) is 13.7. The Morgan fingerprint density at radius 1 is 0.605 bits per heavy atom. The van der Waals surface area contributed by atoms with Crippen LogP contribution in [0.25, 0.3) is 38.8 Å². The fourth-order valence-corrected chi connectivity index (χ4v) is 5.54. The highest BCUT2D eigenvalue weighted by Gasteiger charge is 2.16. The van der Waals surface area contributed by atoms with Gasteiger partial charge >= 0.3 is 0 Å². The largest absolute Gasteiger partial charge is 0.439 e. The van der Waals surface area contributed by atoms with E-state index in [1.807, 2.05) is 36.5 Å².